The van der Waals surface area contributed by atoms with E-state index in [0.717, 1.165) is 24.2 Å². The van der Waals surface area contributed by atoms with E-state index in [1.165, 1.54) is 0 Å². The number of hydrogen-bond acceptors (Lipinski definition) is 2. The summed E-state index contributed by atoms with van der Waals surface area (Å²) >= 11 is 0. The molecule has 1 atom stereocenters. The predicted molar refractivity (Wildman–Crippen MR) is 56.8 cm³/mol. The molecule has 1 aromatic heterocycles. The summed E-state index contributed by atoms with van der Waals surface area (Å²) in [7, 11) is 0. The van der Waals surface area contributed by atoms with Crippen LogP contribution in [0.25, 0.3) is 0 Å². The maximum Gasteiger partial charge on any atom is 0.272 e. The van der Waals surface area contributed by atoms with Crippen molar-refractivity contribution in [2.75, 3.05) is 5.32 Å². The molecule has 0 bridgehead atoms. The molecule has 0 aliphatic carbocycles. The zero-order chi connectivity index (χ0) is 10.3. The molecule has 0 saturated heterocycles. The molecule has 1 aromatic rings. The predicted octanol–water partition coefficient (Wildman–Crippen LogP) is 1.50. The van der Waals surface area contributed by atoms with Crippen molar-refractivity contribution in [1.82, 2.24) is 9.78 Å². The maximum absolute atomic E-state index is 11.9. The molecule has 0 saturated carbocycles. The number of H-pyrrole nitrogens is 1. The first kappa shape index (κ1) is 9.37. The fourth-order valence-electron chi connectivity index (χ4n) is 1.89. The molecule has 0 spiro atoms. The molecule has 1 aliphatic rings. The fraction of sp³-hybridized carbons (Fsp3) is 0.700. The summed E-state index contributed by atoms with van der Waals surface area (Å²) in [5, 5.41) is 6.42. The van der Waals surface area contributed by atoms with E-state index in [-0.39, 0.29) is 11.6 Å². The molecule has 2 N–H and O–H groups in total. The van der Waals surface area contributed by atoms with Gasteiger partial charge in [0.15, 0.2) is 0 Å². The lowest BCUT2D eigenvalue weighted by Crippen LogP contribution is -2.25. The normalized spacial score (nSPS) is 20.7. The average Bonchev–Trinajstić information content (AvgIpc) is 2.43. The molecule has 0 aromatic carbocycles. The summed E-state index contributed by atoms with van der Waals surface area (Å²) in [5.41, 5.74) is 1.05. The standard InChI is InChI=1S/C10H17N3O/c1-6(2)13-10(14)8-5-4-7(3)11-9(8)12-13/h6-7,11-12H,4-5H2,1-3H3. The minimum Gasteiger partial charge on any atom is -0.368 e. The second-order valence-electron chi connectivity index (χ2n) is 4.32. The van der Waals surface area contributed by atoms with Gasteiger partial charge in [0, 0.05) is 12.1 Å². The Bertz CT molecular complexity index is 389. The van der Waals surface area contributed by atoms with E-state index >= 15 is 0 Å². The van der Waals surface area contributed by atoms with Gasteiger partial charge >= 0.3 is 0 Å². The molecule has 0 amide bonds. The molecular formula is C10H17N3O. The third-order valence-corrected chi connectivity index (χ3v) is 2.75. The van der Waals surface area contributed by atoms with Gasteiger partial charge in [-0.05, 0) is 33.6 Å². The van der Waals surface area contributed by atoms with Gasteiger partial charge in [0.25, 0.3) is 5.56 Å². The molecule has 2 heterocycles. The molecule has 1 unspecified atom stereocenters. The summed E-state index contributed by atoms with van der Waals surface area (Å²) < 4.78 is 1.69. The smallest absolute Gasteiger partial charge is 0.272 e. The quantitative estimate of drug-likeness (QED) is 0.713. The van der Waals surface area contributed by atoms with Crippen LogP contribution in [0.1, 0.15) is 38.8 Å². The Hall–Kier alpha value is -1.19. The summed E-state index contributed by atoms with van der Waals surface area (Å²) in [6, 6.07) is 0.659. The van der Waals surface area contributed by atoms with E-state index in [1.54, 1.807) is 4.68 Å². The van der Waals surface area contributed by atoms with Gasteiger partial charge in [0.1, 0.15) is 5.82 Å². The molecule has 4 heteroatoms. The zero-order valence-corrected chi connectivity index (χ0v) is 8.92. The van der Waals surface area contributed by atoms with Crippen molar-refractivity contribution in [3.8, 4) is 0 Å². The molecule has 2 rings (SSSR count). The van der Waals surface area contributed by atoms with E-state index in [2.05, 4.69) is 17.3 Å². The number of rotatable bonds is 1. The van der Waals surface area contributed by atoms with E-state index in [1.807, 2.05) is 13.8 Å². The number of anilines is 1. The van der Waals surface area contributed by atoms with Gasteiger partial charge in [-0.3, -0.25) is 9.89 Å². The highest BCUT2D eigenvalue weighted by atomic mass is 16.1. The number of hydrogen-bond donors (Lipinski definition) is 2. The summed E-state index contributed by atoms with van der Waals surface area (Å²) in [6.07, 6.45) is 1.93. The van der Waals surface area contributed by atoms with Crippen LogP contribution in [0.2, 0.25) is 0 Å². The highest BCUT2D eigenvalue weighted by molar-refractivity contribution is 5.46. The number of fused-ring (bicyclic) bond motifs is 1. The van der Waals surface area contributed by atoms with Crippen LogP contribution in [0.15, 0.2) is 4.79 Å². The van der Waals surface area contributed by atoms with Gasteiger partial charge < -0.3 is 5.32 Å². The number of nitrogens with zero attached hydrogens (tertiary/aromatic N) is 1. The van der Waals surface area contributed by atoms with Crippen LogP contribution in [0.5, 0.6) is 0 Å². The van der Waals surface area contributed by atoms with Gasteiger partial charge in [-0.15, -0.1) is 0 Å². The highest BCUT2D eigenvalue weighted by Crippen LogP contribution is 2.20. The van der Waals surface area contributed by atoms with Crippen LogP contribution in [0.3, 0.4) is 0 Å². The first-order chi connectivity index (χ1) is 6.59. The number of aromatic amines is 1. The summed E-state index contributed by atoms with van der Waals surface area (Å²) in [6.45, 7) is 6.15. The van der Waals surface area contributed by atoms with Gasteiger partial charge in [-0.25, -0.2) is 4.68 Å². The van der Waals surface area contributed by atoms with Crippen LogP contribution >= 0.6 is 0 Å². The summed E-state index contributed by atoms with van der Waals surface area (Å²) in [4.78, 5) is 11.9. The van der Waals surface area contributed by atoms with Crippen molar-refractivity contribution >= 4 is 5.82 Å². The molecule has 0 fully saturated rings. The molecule has 0 radical (unpaired) electrons. The number of nitrogens with one attached hydrogen (secondary N) is 2. The largest absolute Gasteiger partial charge is 0.368 e. The monoisotopic (exact) mass is 195 g/mol. The summed E-state index contributed by atoms with van der Waals surface area (Å²) in [5.74, 6) is 0.919. The second kappa shape index (κ2) is 3.19. The third-order valence-electron chi connectivity index (χ3n) is 2.75. The van der Waals surface area contributed by atoms with Crippen molar-refractivity contribution < 1.29 is 0 Å². The first-order valence-electron chi connectivity index (χ1n) is 5.19. The van der Waals surface area contributed by atoms with Crippen LogP contribution in [-0.2, 0) is 6.42 Å². The van der Waals surface area contributed by atoms with Gasteiger partial charge in [-0.1, -0.05) is 0 Å². The minimum atomic E-state index is 0.134. The molecular weight excluding hydrogens is 178 g/mol. The lowest BCUT2D eigenvalue weighted by Gasteiger charge is -2.19. The molecule has 4 nitrogen and oxygen atoms in total. The second-order valence-corrected chi connectivity index (χ2v) is 4.32. The van der Waals surface area contributed by atoms with Gasteiger partial charge in [0.2, 0.25) is 0 Å². The SMILES string of the molecule is CC1CCc2c([nH]n(C(C)C)c2=O)N1. The Morgan fingerprint density at radius 3 is 2.86 bits per heavy atom. The Morgan fingerprint density at radius 2 is 2.21 bits per heavy atom. The van der Waals surface area contributed by atoms with E-state index in [9.17, 15) is 4.79 Å². The Morgan fingerprint density at radius 1 is 1.50 bits per heavy atom. The maximum atomic E-state index is 11.9. The van der Waals surface area contributed by atoms with Crippen molar-refractivity contribution in [3.05, 3.63) is 15.9 Å². The van der Waals surface area contributed by atoms with Crippen molar-refractivity contribution in [1.29, 1.82) is 0 Å². The van der Waals surface area contributed by atoms with Gasteiger partial charge in [-0.2, -0.15) is 0 Å². The molecule has 78 valence electrons. The van der Waals surface area contributed by atoms with E-state index in [4.69, 9.17) is 0 Å². The van der Waals surface area contributed by atoms with E-state index in [0.29, 0.717) is 6.04 Å². The van der Waals surface area contributed by atoms with Crippen molar-refractivity contribution in [3.63, 3.8) is 0 Å². The Balaban J connectivity index is 2.46. The molecule has 14 heavy (non-hydrogen) atoms. The third kappa shape index (κ3) is 1.35. The molecule has 1 aliphatic heterocycles. The fourth-order valence-corrected chi connectivity index (χ4v) is 1.89. The lowest BCUT2D eigenvalue weighted by molar-refractivity contribution is 0.517. The highest BCUT2D eigenvalue weighted by Gasteiger charge is 2.21. The van der Waals surface area contributed by atoms with Crippen molar-refractivity contribution in [2.45, 2.75) is 45.7 Å². The van der Waals surface area contributed by atoms with Crippen molar-refractivity contribution in [2.24, 2.45) is 0 Å². The van der Waals surface area contributed by atoms with Crippen LogP contribution in [-0.4, -0.2) is 15.8 Å². The Kier molecular flexibility index (Phi) is 2.13. The Labute approximate surface area is 83.3 Å². The lowest BCUT2D eigenvalue weighted by atomic mass is 10.0. The van der Waals surface area contributed by atoms with E-state index < -0.39 is 0 Å². The van der Waals surface area contributed by atoms with Crippen LogP contribution in [0, 0.1) is 0 Å². The topological polar surface area (TPSA) is 49.8 Å². The first-order valence-corrected chi connectivity index (χ1v) is 5.19. The number of aromatic nitrogens is 2. The average molecular weight is 195 g/mol. The minimum absolute atomic E-state index is 0.134. The van der Waals surface area contributed by atoms with Gasteiger partial charge in [0.05, 0.1) is 5.56 Å². The van der Waals surface area contributed by atoms with Crippen LogP contribution < -0.4 is 10.9 Å². The van der Waals surface area contributed by atoms with Crippen LogP contribution in [0.4, 0.5) is 5.82 Å². The zero-order valence-electron chi connectivity index (χ0n) is 8.92.